The van der Waals surface area contributed by atoms with E-state index in [1.165, 1.54) is 17.0 Å². The lowest BCUT2D eigenvalue weighted by molar-refractivity contribution is -0.138. The zero-order chi connectivity index (χ0) is 17.9. The topological polar surface area (TPSA) is 58.1 Å². The average Bonchev–Trinajstić information content (AvgIpc) is 2.97. The molecule has 5 nitrogen and oxygen atoms in total. The Morgan fingerprint density at radius 2 is 1.92 bits per heavy atom. The van der Waals surface area contributed by atoms with Gasteiger partial charge in [0.15, 0.2) is 0 Å². The van der Waals surface area contributed by atoms with E-state index in [4.69, 9.17) is 0 Å². The maximum Gasteiger partial charge on any atom is 0.445 e. The molecule has 2 rings (SSSR count). The Labute approximate surface area is 139 Å². The van der Waals surface area contributed by atoms with E-state index in [0.717, 1.165) is 0 Å². The summed E-state index contributed by atoms with van der Waals surface area (Å²) >= 11 is 0.250. The molecule has 1 aromatic carbocycles. The van der Waals surface area contributed by atoms with Crippen LogP contribution in [0.4, 0.5) is 27.5 Å². The quantitative estimate of drug-likeness (QED) is 0.825. The molecule has 1 unspecified atom stereocenters. The van der Waals surface area contributed by atoms with Crippen molar-refractivity contribution in [3.8, 4) is 0 Å². The van der Waals surface area contributed by atoms with Gasteiger partial charge in [0.2, 0.25) is 10.1 Å². The standard InChI is InChI=1S/C14H14F4N4OS/c1-3-22(8(2)9-4-6-10(15)7-5-9)13(23)19-12-21-20-11(24-12)14(16,17)18/h4-8H,3H2,1-2H3,(H,19,21,23). The Morgan fingerprint density at radius 1 is 1.29 bits per heavy atom. The third-order valence-corrected chi connectivity index (χ3v) is 4.19. The fourth-order valence-electron chi connectivity index (χ4n) is 2.07. The Hall–Kier alpha value is -2.23. The first-order valence-corrected chi connectivity index (χ1v) is 7.77. The van der Waals surface area contributed by atoms with Crippen molar-refractivity contribution in [1.29, 1.82) is 0 Å². The maximum atomic E-state index is 13.0. The first-order valence-electron chi connectivity index (χ1n) is 6.96. The van der Waals surface area contributed by atoms with E-state index >= 15 is 0 Å². The zero-order valence-electron chi connectivity index (χ0n) is 12.8. The summed E-state index contributed by atoms with van der Waals surface area (Å²) in [5, 5.41) is 7.26. The number of hydrogen-bond acceptors (Lipinski definition) is 4. The van der Waals surface area contributed by atoms with E-state index in [2.05, 4.69) is 15.5 Å². The lowest BCUT2D eigenvalue weighted by Gasteiger charge is -2.28. The molecule has 0 aliphatic heterocycles. The van der Waals surface area contributed by atoms with Crippen molar-refractivity contribution in [2.45, 2.75) is 26.1 Å². The number of carbonyl (C=O) groups excluding carboxylic acids is 1. The number of anilines is 1. The number of alkyl halides is 3. The molecule has 0 spiro atoms. The van der Waals surface area contributed by atoms with Crippen LogP contribution in [0.2, 0.25) is 0 Å². The van der Waals surface area contributed by atoms with Gasteiger partial charge in [-0.05, 0) is 31.5 Å². The summed E-state index contributed by atoms with van der Waals surface area (Å²) in [4.78, 5) is 13.7. The van der Waals surface area contributed by atoms with Gasteiger partial charge < -0.3 is 4.90 Å². The van der Waals surface area contributed by atoms with Crippen molar-refractivity contribution >= 4 is 22.5 Å². The highest BCUT2D eigenvalue weighted by molar-refractivity contribution is 7.15. The predicted molar refractivity (Wildman–Crippen MR) is 81.1 cm³/mol. The number of aromatic nitrogens is 2. The van der Waals surface area contributed by atoms with E-state index in [1.54, 1.807) is 26.0 Å². The molecule has 1 N–H and O–H groups in total. The van der Waals surface area contributed by atoms with Crippen LogP contribution in [-0.4, -0.2) is 27.7 Å². The maximum absolute atomic E-state index is 13.0. The van der Waals surface area contributed by atoms with Crippen LogP contribution in [0.5, 0.6) is 0 Å². The summed E-state index contributed by atoms with van der Waals surface area (Å²) in [6, 6.07) is 4.63. The lowest BCUT2D eigenvalue weighted by Crippen LogP contribution is -2.36. The van der Waals surface area contributed by atoms with Gasteiger partial charge in [-0.1, -0.05) is 23.5 Å². The fourth-order valence-corrected chi connectivity index (χ4v) is 2.67. The van der Waals surface area contributed by atoms with Crippen LogP contribution < -0.4 is 5.32 Å². The highest BCUT2D eigenvalue weighted by Gasteiger charge is 2.36. The van der Waals surface area contributed by atoms with Crippen LogP contribution in [-0.2, 0) is 6.18 Å². The second-order valence-electron chi connectivity index (χ2n) is 4.85. The molecule has 130 valence electrons. The van der Waals surface area contributed by atoms with Crippen LogP contribution in [0.1, 0.15) is 30.5 Å². The number of benzene rings is 1. The Kier molecular flexibility index (Phi) is 5.37. The lowest BCUT2D eigenvalue weighted by atomic mass is 10.1. The molecule has 1 atom stereocenters. The van der Waals surface area contributed by atoms with Crippen LogP contribution in [0, 0.1) is 5.82 Å². The van der Waals surface area contributed by atoms with Crippen LogP contribution in [0.15, 0.2) is 24.3 Å². The van der Waals surface area contributed by atoms with Gasteiger partial charge in [0.1, 0.15) is 5.82 Å². The molecular weight excluding hydrogens is 348 g/mol. The first-order chi connectivity index (χ1) is 11.2. The molecule has 0 saturated carbocycles. The smallest absolute Gasteiger partial charge is 0.318 e. The van der Waals surface area contributed by atoms with Gasteiger partial charge in [-0.25, -0.2) is 9.18 Å². The summed E-state index contributed by atoms with van der Waals surface area (Å²) in [5.74, 6) is -0.396. The minimum absolute atomic E-state index is 0.239. The van der Waals surface area contributed by atoms with E-state index in [9.17, 15) is 22.4 Å². The van der Waals surface area contributed by atoms with Crippen LogP contribution in [0.3, 0.4) is 0 Å². The number of rotatable bonds is 4. The monoisotopic (exact) mass is 362 g/mol. The Morgan fingerprint density at radius 3 is 2.42 bits per heavy atom. The number of halogens is 4. The third-order valence-electron chi connectivity index (χ3n) is 3.30. The molecule has 0 saturated heterocycles. The minimum Gasteiger partial charge on any atom is -0.318 e. The Bertz CT molecular complexity index is 702. The second kappa shape index (κ2) is 7.12. The van der Waals surface area contributed by atoms with Gasteiger partial charge >= 0.3 is 12.2 Å². The van der Waals surface area contributed by atoms with Gasteiger partial charge in [-0.3, -0.25) is 5.32 Å². The normalized spacial score (nSPS) is 12.8. The molecule has 0 aliphatic rings. The largest absolute Gasteiger partial charge is 0.445 e. The highest BCUT2D eigenvalue weighted by atomic mass is 32.1. The molecule has 10 heteroatoms. The minimum atomic E-state index is -4.60. The molecule has 2 aromatic rings. The second-order valence-corrected chi connectivity index (χ2v) is 5.83. The number of urea groups is 1. The average molecular weight is 362 g/mol. The summed E-state index contributed by atoms with van der Waals surface area (Å²) in [6.45, 7) is 3.76. The van der Waals surface area contributed by atoms with E-state index < -0.39 is 29.1 Å². The zero-order valence-corrected chi connectivity index (χ0v) is 13.6. The molecule has 1 heterocycles. The first kappa shape index (κ1) is 18.1. The van der Waals surface area contributed by atoms with E-state index in [-0.39, 0.29) is 16.5 Å². The summed E-state index contributed by atoms with van der Waals surface area (Å²) in [7, 11) is 0. The molecule has 0 aliphatic carbocycles. The molecule has 0 radical (unpaired) electrons. The summed E-state index contributed by atoms with van der Waals surface area (Å²) in [6.07, 6.45) is -4.60. The van der Waals surface area contributed by atoms with Gasteiger partial charge in [0.25, 0.3) is 0 Å². The highest BCUT2D eigenvalue weighted by Crippen LogP contribution is 2.33. The van der Waals surface area contributed by atoms with Crippen molar-refractivity contribution < 1.29 is 22.4 Å². The number of hydrogen-bond donors (Lipinski definition) is 1. The fraction of sp³-hybridized carbons (Fsp3) is 0.357. The number of nitrogens with zero attached hydrogens (tertiary/aromatic N) is 3. The molecule has 0 bridgehead atoms. The molecule has 0 fully saturated rings. The van der Waals surface area contributed by atoms with Crippen LogP contribution in [0.25, 0.3) is 0 Å². The third kappa shape index (κ3) is 4.19. The van der Waals surface area contributed by atoms with Crippen molar-refractivity contribution in [3.63, 3.8) is 0 Å². The van der Waals surface area contributed by atoms with Crippen molar-refractivity contribution in [2.24, 2.45) is 0 Å². The summed E-state index contributed by atoms with van der Waals surface area (Å²) in [5.41, 5.74) is 0.696. The SMILES string of the molecule is CCN(C(=O)Nc1nnc(C(F)(F)F)s1)C(C)c1ccc(F)cc1. The van der Waals surface area contributed by atoms with Gasteiger partial charge in [-0.15, -0.1) is 10.2 Å². The van der Waals surface area contributed by atoms with E-state index in [0.29, 0.717) is 12.1 Å². The predicted octanol–water partition coefficient (Wildman–Crippen LogP) is 4.31. The molecule has 1 aromatic heterocycles. The van der Waals surface area contributed by atoms with Gasteiger partial charge in [0.05, 0.1) is 6.04 Å². The van der Waals surface area contributed by atoms with Gasteiger partial charge in [-0.2, -0.15) is 13.2 Å². The van der Waals surface area contributed by atoms with Crippen LogP contribution >= 0.6 is 11.3 Å². The Balaban J connectivity index is 2.11. The van der Waals surface area contributed by atoms with E-state index in [1.807, 2.05) is 0 Å². The number of amides is 2. The molecular formula is C14H14F4N4OS. The van der Waals surface area contributed by atoms with Gasteiger partial charge in [0, 0.05) is 6.54 Å². The van der Waals surface area contributed by atoms with Crippen molar-refractivity contribution in [1.82, 2.24) is 15.1 Å². The van der Waals surface area contributed by atoms with Crippen molar-refractivity contribution in [3.05, 3.63) is 40.7 Å². The molecule has 24 heavy (non-hydrogen) atoms. The van der Waals surface area contributed by atoms with Crippen molar-refractivity contribution in [2.75, 3.05) is 11.9 Å². The molecule has 2 amide bonds. The number of nitrogens with one attached hydrogen (secondary N) is 1. The summed E-state index contributed by atoms with van der Waals surface area (Å²) < 4.78 is 50.5. The number of carbonyl (C=O) groups is 1.